The van der Waals surface area contributed by atoms with Crippen LogP contribution in [0.15, 0.2) is 78.9 Å². The van der Waals surface area contributed by atoms with Crippen LogP contribution in [0.5, 0.6) is 11.5 Å². The van der Waals surface area contributed by atoms with E-state index >= 15 is 0 Å². The van der Waals surface area contributed by atoms with Crippen LogP contribution >= 0.6 is 11.6 Å². The number of ether oxygens (including phenoxy) is 2. The van der Waals surface area contributed by atoms with Gasteiger partial charge in [-0.2, -0.15) is 5.26 Å². The van der Waals surface area contributed by atoms with Gasteiger partial charge in [0.1, 0.15) is 6.61 Å². The molecule has 0 saturated carbocycles. The van der Waals surface area contributed by atoms with Crippen molar-refractivity contribution in [2.75, 3.05) is 7.11 Å². The predicted molar refractivity (Wildman–Crippen MR) is 133 cm³/mol. The first-order valence-corrected chi connectivity index (χ1v) is 10.7. The average Bonchev–Trinajstić information content (AvgIpc) is 2.86. The van der Waals surface area contributed by atoms with E-state index in [0.717, 1.165) is 16.3 Å². The van der Waals surface area contributed by atoms with Crippen molar-refractivity contribution in [1.82, 2.24) is 0 Å². The number of nitro groups is 1. The summed E-state index contributed by atoms with van der Waals surface area (Å²) in [5.74, 6) is 0.706. The van der Waals surface area contributed by atoms with Gasteiger partial charge in [-0.3, -0.25) is 10.1 Å². The lowest BCUT2D eigenvalue weighted by molar-refractivity contribution is -0.384. The van der Waals surface area contributed by atoms with Gasteiger partial charge in [-0.05, 0) is 51.7 Å². The number of hydrogen-bond donors (Lipinski definition) is 0. The minimum atomic E-state index is -0.458. The molecule has 7 heteroatoms. The normalized spacial score (nSPS) is 11.1. The molecule has 0 radical (unpaired) electrons. The minimum Gasteiger partial charge on any atom is -0.493 e. The zero-order valence-electron chi connectivity index (χ0n) is 18.2. The van der Waals surface area contributed by atoms with Crippen LogP contribution in [0.2, 0.25) is 5.02 Å². The third kappa shape index (κ3) is 5.01. The highest BCUT2D eigenvalue weighted by atomic mass is 35.5. The van der Waals surface area contributed by atoms with Gasteiger partial charge in [-0.25, -0.2) is 0 Å². The fourth-order valence-corrected chi connectivity index (χ4v) is 3.86. The summed E-state index contributed by atoms with van der Waals surface area (Å²) in [4.78, 5) is 10.5. The highest BCUT2D eigenvalue weighted by molar-refractivity contribution is 6.32. The lowest BCUT2D eigenvalue weighted by Crippen LogP contribution is -2.00. The Bertz CT molecular complexity index is 1460. The van der Waals surface area contributed by atoms with Crippen molar-refractivity contribution in [3.05, 3.63) is 111 Å². The summed E-state index contributed by atoms with van der Waals surface area (Å²) in [6.07, 6.45) is 1.74. The molecule has 0 aromatic heterocycles. The van der Waals surface area contributed by atoms with E-state index in [4.69, 9.17) is 21.1 Å². The Balaban J connectivity index is 1.62. The number of rotatable bonds is 7. The SMILES string of the molecule is COc1cc(C=C(C#N)c2ccc3ccccc3c2)cc(Cl)c1OCc1cccc([N+](=O)[O-])c1. The van der Waals surface area contributed by atoms with Crippen molar-refractivity contribution in [2.45, 2.75) is 6.61 Å². The Morgan fingerprint density at radius 1 is 1.06 bits per heavy atom. The number of methoxy groups -OCH3 is 1. The summed E-state index contributed by atoms with van der Waals surface area (Å²) in [5, 5.41) is 23.2. The number of hydrogen-bond acceptors (Lipinski definition) is 5. The number of benzene rings is 4. The molecule has 4 aromatic rings. The number of non-ortho nitro benzene ring substituents is 1. The third-order valence-corrected chi connectivity index (χ3v) is 5.53. The second kappa shape index (κ2) is 10.1. The molecule has 0 aliphatic carbocycles. The molecule has 4 aromatic carbocycles. The molecule has 0 heterocycles. The molecule has 168 valence electrons. The quantitative estimate of drug-likeness (QED) is 0.125. The van der Waals surface area contributed by atoms with E-state index in [-0.39, 0.29) is 12.3 Å². The highest BCUT2D eigenvalue weighted by Crippen LogP contribution is 2.38. The van der Waals surface area contributed by atoms with Crippen molar-refractivity contribution in [3.8, 4) is 17.6 Å². The predicted octanol–water partition coefficient (Wildman–Crippen LogP) is 7.05. The van der Waals surface area contributed by atoms with Gasteiger partial charge in [0, 0.05) is 12.1 Å². The fourth-order valence-electron chi connectivity index (χ4n) is 3.58. The van der Waals surface area contributed by atoms with Crippen molar-refractivity contribution in [2.24, 2.45) is 0 Å². The first-order chi connectivity index (χ1) is 16.5. The number of fused-ring (bicyclic) bond motifs is 1. The lowest BCUT2D eigenvalue weighted by atomic mass is 10.00. The molecule has 0 atom stereocenters. The Morgan fingerprint density at radius 3 is 2.59 bits per heavy atom. The smallest absolute Gasteiger partial charge is 0.269 e. The highest BCUT2D eigenvalue weighted by Gasteiger charge is 2.14. The number of nitrogens with zero attached hydrogens (tertiary/aromatic N) is 2. The van der Waals surface area contributed by atoms with E-state index in [1.54, 1.807) is 30.3 Å². The first-order valence-electron chi connectivity index (χ1n) is 10.3. The molecule has 0 aliphatic heterocycles. The maximum atomic E-state index is 11.0. The topological polar surface area (TPSA) is 85.4 Å². The Labute approximate surface area is 201 Å². The largest absolute Gasteiger partial charge is 0.493 e. The molecule has 0 aliphatic rings. The molecule has 0 saturated heterocycles. The van der Waals surface area contributed by atoms with Crippen LogP contribution in [0.1, 0.15) is 16.7 Å². The van der Waals surface area contributed by atoms with E-state index < -0.39 is 4.92 Å². The van der Waals surface area contributed by atoms with E-state index in [1.165, 1.54) is 19.2 Å². The number of nitriles is 1. The van der Waals surface area contributed by atoms with Gasteiger partial charge >= 0.3 is 0 Å². The molecular weight excluding hydrogens is 452 g/mol. The minimum absolute atomic E-state index is 0.0163. The standard InChI is InChI=1S/C27H19ClN2O4/c1-33-26-14-19(11-23(16-29)22-10-9-20-6-2-3-7-21(20)15-22)13-25(28)27(26)34-17-18-5-4-8-24(12-18)30(31)32/h2-15H,17H2,1H3. The zero-order chi connectivity index (χ0) is 24.1. The van der Waals surface area contributed by atoms with Gasteiger partial charge in [-0.15, -0.1) is 0 Å². The molecule has 0 unspecified atom stereocenters. The Morgan fingerprint density at radius 2 is 1.85 bits per heavy atom. The number of halogens is 1. The molecule has 0 amide bonds. The van der Waals surface area contributed by atoms with Crippen molar-refractivity contribution in [1.29, 1.82) is 5.26 Å². The van der Waals surface area contributed by atoms with Gasteiger partial charge in [0.05, 0.1) is 28.7 Å². The van der Waals surface area contributed by atoms with E-state index in [9.17, 15) is 15.4 Å². The van der Waals surface area contributed by atoms with Crippen molar-refractivity contribution in [3.63, 3.8) is 0 Å². The summed E-state index contributed by atoms with van der Waals surface area (Å²) in [7, 11) is 1.49. The number of nitro benzene ring substituents is 1. The molecule has 0 spiro atoms. The molecule has 0 N–H and O–H groups in total. The summed E-state index contributed by atoms with van der Waals surface area (Å²) < 4.78 is 11.3. The van der Waals surface area contributed by atoms with Gasteiger partial charge in [-0.1, -0.05) is 60.1 Å². The van der Waals surface area contributed by atoms with Gasteiger partial charge in [0.2, 0.25) is 0 Å². The Kier molecular flexibility index (Phi) is 6.77. The molecule has 4 rings (SSSR count). The van der Waals surface area contributed by atoms with Crippen LogP contribution in [-0.4, -0.2) is 12.0 Å². The zero-order valence-corrected chi connectivity index (χ0v) is 19.0. The summed E-state index contributed by atoms with van der Waals surface area (Å²) in [6.45, 7) is 0.0769. The van der Waals surface area contributed by atoms with Crippen LogP contribution in [0.25, 0.3) is 22.4 Å². The van der Waals surface area contributed by atoms with Crippen LogP contribution < -0.4 is 9.47 Å². The summed E-state index contributed by atoms with van der Waals surface area (Å²) >= 11 is 6.49. The first kappa shape index (κ1) is 22.8. The monoisotopic (exact) mass is 470 g/mol. The maximum absolute atomic E-state index is 11.0. The average molecular weight is 471 g/mol. The number of allylic oxidation sites excluding steroid dienone is 1. The molecule has 34 heavy (non-hydrogen) atoms. The van der Waals surface area contributed by atoms with Crippen molar-refractivity contribution < 1.29 is 14.4 Å². The maximum Gasteiger partial charge on any atom is 0.269 e. The summed E-state index contributed by atoms with van der Waals surface area (Å²) in [5.41, 5.74) is 2.56. The van der Waals surface area contributed by atoms with E-state index in [1.807, 2.05) is 42.5 Å². The van der Waals surface area contributed by atoms with E-state index in [2.05, 4.69) is 6.07 Å². The Hall–Kier alpha value is -4.34. The van der Waals surface area contributed by atoms with E-state index in [0.29, 0.717) is 33.2 Å². The van der Waals surface area contributed by atoms with Crippen molar-refractivity contribution >= 4 is 39.7 Å². The lowest BCUT2D eigenvalue weighted by Gasteiger charge is -2.14. The second-order valence-electron chi connectivity index (χ2n) is 7.48. The molecule has 0 fully saturated rings. The van der Waals surface area contributed by atoms with Gasteiger partial charge in [0.15, 0.2) is 11.5 Å². The van der Waals surface area contributed by atoms with Crippen LogP contribution in [0, 0.1) is 21.4 Å². The second-order valence-corrected chi connectivity index (χ2v) is 7.89. The van der Waals surface area contributed by atoms with Crippen LogP contribution in [0.3, 0.4) is 0 Å². The fraction of sp³-hybridized carbons (Fsp3) is 0.0741. The molecular formula is C27H19ClN2O4. The van der Waals surface area contributed by atoms with Gasteiger partial charge < -0.3 is 9.47 Å². The third-order valence-electron chi connectivity index (χ3n) is 5.25. The van der Waals surface area contributed by atoms with Gasteiger partial charge in [0.25, 0.3) is 5.69 Å². The molecule has 0 bridgehead atoms. The molecule has 6 nitrogen and oxygen atoms in total. The van der Waals surface area contributed by atoms with Crippen LogP contribution in [-0.2, 0) is 6.61 Å². The summed E-state index contributed by atoms with van der Waals surface area (Å²) in [6, 6.07) is 25.7. The van der Waals surface area contributed by atoms with Crippen LogP contribution in [0.4, 0.5) is 5.69 Å².